The summed E-state index contributed by atoms with van der Waals surface area (Å²) in [7, 11) is 0. The zero-order valence-corrected chi connectivity index (χ0v) is 8.91. The molecule has 0 saturated heterocycles. The van der Waals surface area contributed by atoms with Crippen LogP contribution in [0.4, 0.5) is 4.79 Å². The molecule has 0 N–H and O–H groups in total. The van der Waals surface area contributed by atoms with Crippen LogP contribution in [0.5, 0.6) is 0 Å². The highest BCUT2D eigenvalue weighted by Crippen LogP contribution is 2.17. The van der Waals surface area contributed by atoms with Crippen LogP contribution in [0, 0.1) is 4.84 Å². The number of hydrogen-bond donors (Lipinski definition) is 0. The van der Waals surface area contributed by atoms with Gasteiger partial charge in [-0.1, -0.05) is 12.1 Å². The molecule has 4 nitrogen and oxygen atoms in total. The lowest BCUT2D eigenvalue weighted by atomic mass is 10.3. The number of oxazole rings is 1. The van der Waals surface area contributed by atoms with Gasteiger partial charge in [0.2, 0.25) is 0 Å². The topological polar surface area (TPSA) is 44.4 Å². The first-order valence-electron chi connectivity index (χ1n) is 4.51. The third-order valence-corrected chi connectivity index (χ3v) is 2.20. The van der Waals surface area contributed by atoms with Gasteiger partial charge in [0.25, 0.3) is 4.84 Å². The van der Waals surface area contributed by atoms with Crippen LogP contribution in [0.25, 0.3) is 11.1 Å². The second-order valence-corrected chi connectivity index (χ2v) is 3.22. The van der Waals surface area contributed by atoms with Crippen LogP contribution in [0.2, 0.25) is 0 Å². The van der Waals surface area contributed by atoms with E-state index in [0.717, 1.165) is 0 Å². The van der Waals surface area contributed by atoms with Crippen LogP contribution in [-0.4, -0.2) is 17.3 Å². The van der Waals surface area contributed by atoms with Crippen molar-refractivity contribution in [1.29, 1.82) is 0 Å². The largest absolute Gasteiger partial charge is 0.449 e. The lowest BCUT2D eigenvalue weighted by Crippen LogP contribution is -2.13. The van der Waals surface area contributed by atoms with Gasteiger partial charge in [0, 0.05) is 0 Å². The zero-order chi connectivity index (χ0) is 10.8. The average molecular weight is 223 g/mol. The number of aromatic nitrogens is 1. The fraction of sp³-hybridized carbons (Fsp3) is 0.200. The molecule has 0 saturated carbocycles. The number of fused-ring (bicyclic) bond motifs is 1. The Labute approximate surface area is 91.1 Å². The molecule has 0 aliphatic heterocycles. The summed E-state index contributed by atoms with van der Waals surface area (Å²) in [6, 6.07) is 7.13. The molecule has 78 valence electrons. The fourth-order valence-electron chi connectivity index (χ4n) is 1.33. The molecule has 0 radical (unpaired) electrons. The summed E-state index contributed by atoms with van der Waals surface area (Å²) in [4.78, 5) is 11.7. The van der Waals surface area contributed by atoms with Crippen LogP contribution in [0.3, 0.4) is 0 Å². The van der Waals surface area contributed by atoms with Gasteiger partial charge in [0.1, 0.15) is 0 Å². The van der Waals surface area contributed by atoms with Crippen LogP contribution in [0.15, 0.2) is 28.7 Å². The maximum absolute atomic E-state index is 11.6. The molecule has 0 aliphatic rings. The molecule has 2 rings (SSSR count). The molecule has 0 bridgehead atoms. The number of carbonyl (C=O) groups excluding carboxylic acids is 1. The van der Waals surface area contributed by atoms with Crippen LogP contribution in [-0.2, 0) is 4.74 Å². The predicted octanol–water partition coefficient (Wildman–Crippen LogP) is 2.97. The van der Waals surface area contributed by atoms with Gasteiger partial charge in [-0.15, -0.1) is 0 Å². The zero-order valence-electron chi connectivity index (χ0n) is 8.10. The summed E-state index contributed by atoms with van der Waals surface area (Å²) in [5.41, 5.74) is 1.21. The number of carbonyl (C=O) groups is 1. The third-order valence-electron chi connectivity index (χ3n) is 1.94. The molecule has 15 heavy (non-hydrogen) atoms. The van der Waals surface area contributed by atoms with E-state index in [4.69, 9.17) is 21.4 Å². The van der Waals surface area contributed by atoms with Crippen molar-refractivity contribution in [3.63, 3.8) is 0 Å². The van der Waals surface area contributed by atoms with Crippen LogP contribution < -0.4 is 0 Å². The highest BCUT2D eigenvalue weighted by molar-refractivity contribution is 7.71. The minimum absolute atomic E-state index is 0.106. The van der Waals surface area contributed by atoms with Crippen molar-refractivity contribution in [2.45, 2.75) is 6.92 Å². The fourth-order valence-corrected chi connectivity index (χ4v) is 1.59. The molecular weight excluding hydrogens is 214 g/mol. The summed E-state index contributed by atoms with van der Waals surface area (Å²) < 4.78 is 11.4. The van der Waals surface area contributed by atoms with Crippen molar-refractivity contribution in [2.75, 3.05) is 6.61 Å². The first-order chi connectivity index (χ1) is 7.24. The van der Waals surface area contributed by atoms with Gasteiger partial charge in [-0.3, -0.25) is 0 Å². The van der Waals surface area contributed by atoms with Crippen molar-refractivity contribution in [3.8, 4) is 0 Å². The van der Waals surface area contributed by atoms with Gasteiger partial charge in [0.05, 0.1) is 12.1 Å². The van der Waals surface area contributed by atoms with Crippen molar-refractivity contribution in [3.05, 3.63) is 29.1 Å². The Morgan fingerprint density at radius 2 is 2.27 bits per heavy atom. The van der Waals surface area contributed by atoms with E-state index in [0.29, 0.717) is 17.7 Å². The van der Waals surface area contributed by atoms with Gasteiger partial charge in [-0.25, -0.2) is 9.36 Å². The van der Waals surface area contributed by atoms with Crippen molar-refractivity contribution >= 4 is 29.4 Å². The molecule has 1 heterocycles. The highest BCUT2D eigenvalue weighted by Gasteiger charge is 2.13. The quantitative estimate of drug-likeness (QED) is 0.697. The monoisotopic (exact) mass is 223 g/mol. The molecular formula is C10H9NO3S. The number of benzene rings is 1. The molecule has 0 unspecified atom stereocenters. The van der Waals surface area contributed by atoms with E-state index in [1.54, 1.807) is 19.1 Å². The summed E-state index contributed by atoms with van der Waals surface area (Å²) in [5.74, 6) is 0. The summed E-state index contributed by atoms with van der Waals surface area (Å²) >= 11 is 4.94. The van der Waals surface area contributed by atoms with E-state index in [-0.39, 0.29) is 4.84 Å². The molecule has 0 atom stereocenters. The first-order valence-corrected chi connectivity index (χ1v) is 4.92. The number of rotatable bonds is 1. The van der Waals surface area contributed by atoms with Crippen molar-refractivity contribution in [2.24, 2.45) is 0 Å². The molecule has 2 aromatic rings. The number of nitrogens with zero attached hydrogens (tertiary/aromatic N) is 1. The number of hydrogen-bond acceptors (Lipinski definition) is 4. The molecule has 0 aliphatic carbocycles. The summed E-state index contributed by atoms with van der Waals surface area (Å²) in [5, 5.41) is 0. The molecule has 5 heteroatoms. The van der Waals surface area contributed by atoms with E-state index in [9.17, 15) is 4.79 Å². The smallest absolute Gasteiger partial charge is 0.422 e. The van der Waals surface area contributed by atoms with Crippen LogP contribution in [0.1, 0.15) is 6.92 Å². The van der Waals surface area contributed by atoms with Crippen molar-refractivity contribution in [1.82, 2.24) is 4.57 Å². The molecule has 0 spiro atoms. The summed E-state index contributed by atoms with van der Waals surface area (Å²) in [6.07, 6.45) is -0.507. The van der Waals surface area contributed by atoms with E-state index in [2.05, 4.69) is 0 Å². The Bertz CT molecular complexity index is 555. The maximum atomic E-state index is 11.6. The lowest BCUT2D eigenvalue weighted by molar-refractivity contribution is 0.153. The standard InChI is InChI=1S/C10H9NO3S/c1-2-13-9(12)11-7-5-3-4-6-8(7)14-10(11)15/h3-6H,2H2,1H3. The Morgan fingerprint density at radius 3 is 3.00 bits per heavy atom. The average Bonchev–Trinajstić information content (AvgIpc) is 2.54. The predicted molar refractivity (Wildman–Crippen MR) is 57.5 cm³/mol. The van der Waals surface area contributed by atoms with Gasteiger partial charge in [0.15, 0.2) is 5.58 Å². The third kappa shape index (κ3) is 1.66. The van der Waals surface area contributed by atoms with Gasteiger partial charge in [-0.2, -0.15) is 0 Å². The summed E-state index contributed by atoms with van der Waals surface area (Å²) in [6.45, 7) is 2.05. The molecule has 1 aromatic carbocycles. The first kappa shape index (κ1) is 9.92. The Balaban J connectivity index is 2.64. The Morgan fingerprint density at radius 1 is 1.53 bits per heavy atom. The Hall–Kier alpha value is -1.62. The molecule has 1 aromatic heterocycles. The second-order valence-electron chi connectivity index (χ2n) is 2.87. The van der Waals surface area contributed by atoms with E-state index in [1.165, 1.54) is 4.57 Å². The number of ether oxygens (including phenoxy) is 1. The normalized spacial score (nSPS) is 10.5. The minimum atomic E-state index is -0.507. The van der Waals surface area contributed by atoms with Gasteiger partial charge >= 0.3 is 6.09 Å². The van der Waals surface area contributed by atoms with Crippen molar-refractivity contribution < 1.29 is 13.9 Å². The SMILES string of the molecule is CCOC(=O)n1c(=S)oc2ccccc21. The second kappa shape index (κ2) is 3.86. The van der Waals surface area contributed by atoms with E-state index < -0.39 is 6.09 Å². The Kier molecular flexibility index (Phi) is 2.55. The lowest BCUT2D eigenvalue weighted by Gasteiger charge is -2.00. The number of para-hydroxylation sites is 2. The van der Waals surface area contributed by atoms with E-state index >= 15 is 0 Å². The molecule has 0 amide bonds. The highest BCUT2D eigenvalue weighted by atomic mass is 32.1. The van der Waals surface area contributed by atoms with Gasteiger partial charge < -0.3 is 9.15 Å². The maximum Gasteiger partial charge on any atom is 0.422 e. The molecule has 0 fully saturated rings. The van der Waals surface area contributed by atoms with Gasteiger partial charge in [-0.05, 0) is 31.3 Å². The van der Waals surface area contributed by atoms with Crippen LogP contribution >= 0.6 is 12.2 Å². The van der Waals surface area contributed by atoms with E-state index in [1.807, 2.05) is 12.1 Å². The minimum Gasteiger partial charge on any atom is -0.449 e.